The van der Waals surface area contributed by atoms with Gasteiger partial charge in [-0.3, -0.25) is 4.79 Å². The zero-order chi connectivity index (χ0) is 14.4. The molecule has 5 nitrogen and oxygen atoms in total. The average Bonchev–Trinajstić information content (AvgIpc) is 2.97. The van der Waals surface area contributed by atoms with Gasteiger partial charge in [-0.1, -0.05) is 6.92 Å². The molecule has 112 valence electrons. The lowest BCUT2D eigenvalue weighted by Gasteiger charge is -2.37. The highest BCUT2D eigenvalue weighted by molar-refractivity contribution is 5.78. The SMILES string of the molecule is COCCOCC(=O)N1CCC(C)CC1c1ccco1. The molecule has 0 bridgehead atoms. The van der Waals surface area contributed by atoms with Crippen LogP contribution < -0.4 is 0 Å². The van der Waals surface area contributed by atoms with Crippen molar-refractivity contribution in [3.8, 4) is 0 Å². The summed E-state index contributed by atoms with van der Waals surface area (Å²) in [5, 5.41) is 0. The average molecular weight is 281 g/mol. The first-order valence-corrected chi connectivity index (χ1v) is 7.12. The minimum atomic E-state index is 0.0226. The predicted molar refractivity (Wildman–Crippen MR) is 74.3 cm³/mol. The van der Waals surface area contributed by atoms with Crippen molar-refractivity contribution in [2.24, 2.45) is 5.92 Å². The van der Waals surface area contributed by atoms with Gasteiger partial charge in [-0.2, -0.15) is 0 Å². The van der Waals surface area contributed by atoms with Crippen molar-refractivity contribution in [2.75, 3.05) is 33.5 Å². The van der Waals surface area contributed by atoms with E-state index in [1.165, 1.54) is 0 Å². The van der Waals surface area contributed by atoms with Crippen LogP contribution in [0.3, 0.4) is 0 Å². The Labute approximate surface area is 119 Å². The molecule has 5 heteroatoms. The number of ether oxygens (including phenoxy) is 2. The molecule has 0 aliphatic carbocycles. The highest BCUT2D eigenvalue weighted by atomic mass is 16.5. The van der Waals surface area contributed by atoms with E-state index in [2.05, 4.69) is 6.92 Å². The van der Waals surface area contributed by atoms with E-state index in [9.17, 15) is 4.79 Å². The lowest BCUT2D eigenvalue weighted by atomic mass is 9.91. The highest BCUT2D eigenvalue weighted by Crippen LogP contribution is 2.34. The van der Waals surface area contributed by atoms with Crippen LogP contribution in [0.5, 0.6) is 0 Å². The summed E-state index contributed by atoms with van der Waals surface area (Å²) >= 11 is 0. The van der Waals surface area contributed by atoms with E-state index in [4.69, 9.17) is 13.9 Å². The van der Waals surface area contributed by atoms with E-state index in [1.807, 2.05) is 17.0 Å². The number of furan rings is 1. The number of carbonyl (C=O) groups excluding carboxylic acids is 1. The summed E-state index contributed by atoms with van der Waals surface area (Å²) in [6.07, 6.45) is 3.63. The number of amides is 1. The molecule has 2 atom stereocenters. The summed E-state index contributed by atoms with van der Waals surface area (Å²) in [6.45, 7) is 4.03. The summed E-state index contributed by atoms with van der Waals surface area (Å²) < 4.78 is 15.7. The van der Waals surface area contributed by atoms with Crippen molar-refractivity contribution >= 4 is 5.91 Å². The molecular weight excluding hydrogens is 258 g/mol. The Kier molecular flexibility index (Phi) is 5.61. The second kappa shape index (κ2) is 7.45. The zero-order valence-corrected chi connectivity index (χ0v) is 12.2. The number of carbonyl (C=O) groups is 1. The molecule has 1 aromatic rings. The Morgan fingerprint density at radius 3 is 3.05 bits per heavy atom. The van der Waals surface area contributed by atoms with E-state index in [1.54, 1.807) is 13.4 Å². The lowest BCUT2D eigenvalue weighted by Crippen LogP contribution is -2.42. The summed E-state index contributed by atoms with van der Waals surface area (Å²) in [6, 6.07) is 3.84. The van der Waals surface area contributed by atoms with Crippen LogP contribution in [0.2, 0.25) is 0 Å². The van der Waals surface area contributed by atoms with Crippen LogP contribution in [-0.4, -0.2) is 44.3 Å². The van der Waals surface area contributed by atoms with Gasteiger partial charge in [0, 0.05) is 13.7 Å². The minimum Gasteiger partial charge on any atom is -0.467 e. The molecule has 1 saturated heterocycles. The number of hydrogen-bond acceptors (Lipinski definition) is 4. The molecular formula is C15H23NO4. The smallest absolute Gasteiger partial charge is 0.249 e. The van der Waals surface area contributed by atoms with Gasteiger partial charge in [0.1, 0.15) is 12.4 Å². The number of likely N-dealkylation sites (tertiary alicyclic amines) is 1. The first kappa shape index (κ1) is 15.1. The van der Waals surface area contributed by atoms with Gasteiger partial charge in [-0.15, -0.1) is 0 Å². The van der Waals surface area contributed by atoms with Crippen molar-refractivity contribution in [3.05, 3.63) is 24.2 Å². The van der Waals surface area contributed by atoms with Gasteiger partial charge >= 0.3 is 0 Å². The van der Waals surface area contributed by atoms with Gasteiger partial charge in [0.05, 0.1) is 25.5 Å². The second-order valence-electron chi connectivity index (χ2n) is 5.29. The topological polar surface area (TPSA) is 51.9 Å². The Morgan fingerprint density at radius 1 is 1.50 bits per heavy atom. The Hall–Kier alpha value is -1.33. The molecule has 20 heavy (non-hydrogen) atoms. The standard InChI is InChI=1S/C15H23NO4/c1-12-5-6-16(15(17)11-19-9-8-18-2)13(10-12)14-4-3-7-20-14/h3-4,7,12-13H,5-6,8-11H2,1-2H3. The molecule has 2 heterocycles. The molecule has 1 fully saturated rings. The minimum absolute atomic E-state index is 0.0226. The summed E-state index contributed by atoms with van der Waals surface area (Å²) in [4.78, 5) is 14.2. The largest absolute Gasteiger partial charge is 0.467 e. The lowest BCUT2D eigenvalue weighted by molar-refractivity contribution is -0.141. The van der Waals surface area contributed by atoms with E-state index in [0.717, 1.165) is 25.1 Å². The normalized spacial score (nSPS) is 23.0. The molecule has 1 aliphatic rings. The third kappa shape index (κ3) is 3.84. The van der Waals surface area contributed by atoms with Crippen LogP contribution in [0.25, 0.3) is 0 Å². The van der Waals surface area contributed by atoms with Gasteiger partial charge < -0.3 is 18.8 Å². The van der Waals surface area contributed by atoms with Gasteiger partial charge in [-0.05, 0) is 30.9 Å². The first-order chi connectivity index (χ1) is 9.72. The summed E-state index contributed by atoms with van der Waals surface area (Å²) in [5.74, 6) is 1.49. The number of hydrogen-bond donors (Lipinski definition) is 0. The van der Waals surface area contributed by atoms with Crippen molar-refractivity contribution in [1.82, 2.24) is 4.90 Å². The Morgan fingerprint density at radius 2 is 2.35 bits per heavy atom. The fraction of sp³-hybridized carbons (Fsp3) is 0.667. The number of nitrogens with zero attached hydrogens (tertiary/aromatic N) is 1. The van der Waals surface area contributed by atoms with Gasteiger partial charge in [0.25, 0.3) is 0 Å². The van der Waals surface area contributed by atoms with Gasteiger partial charge in [0.15, 0.2) is 0 Å². The quantitative estimate of drug-likeness (QED) is 0.750. The number of methoxy groups -OCH3 is 1. The van der Waals surface area contributed by atoms with Crippen LogP contribution in [0.4, 0.5) is 0 Å². The fourth-order valence-electron chi connectivity index (χ4n) is 2.58. The maximum Gasteiger partial charge on any atom is 0.249 e. The van der Waals surface area contributed by atoms with Gasteiger partial charge in [0.2, 0.25) is 5.91 Å². The number of rotatable bonds is 6. The van der Waals surface area contributed by atoms with Crippen LogP contribution in [0.1, 0.15) is 31.6 Å². The molecule has 0 aromatic carbocycles. The second-order valence-corrected chi connectivity index (χ2v) is 5.29. The van der Waals surface area contributed by atoms with Crippen molar-refractivity contribution in [2.45, 2.75) is 25.8 Å². The van der Waals surface area contributed by atoms with E-state index < -0.39 is 0 Å². The summed E-state index contributed by atoms with van der Waals surface area (Å²) in [5.41, 5.74) is 0. The molecule has 0 saturated carbocycles. The van der Waals surface area contributed by atoms with Crippen LogP contribution in [0, 0.1) is 5.92 Å². The molecule has 0 spiro atoms. The molecule has 2 rings (SSSR count). The van der Waals surface area contributed by atoms with Crippen LogP contribution in [0.15, 0.2) is 22.8 Å². The Bertz CT molecular complexity index is 404. The number of piperidine rings is 1. The van der Waals surface area contributed by atoms with Crippen molar-refractivity contribution in [3.63, 3.8) is 0 Å². The zero-order valence-electron chi connectivity index (χ0n) is 12.2. The van der Waals surface area contributed by atoms with Crippen molar-refractivity contribution < 1.29 is 18.7 Å². The van der Waals surface area contributed by atoms with Gasteiger partial charge in [-0.25, -0.2) is 0 Å². The van der Waals surface area contributed by atoms with E-state index in [-0.39, 0.29) is 18.6 Å². The highest BCUT2D eigenvalue weighted by Gasteiger charge is 2.32. The van der Waals surface area contributed by atoms with Crippen LogP contribution in [-0.2, 0) is 14.3 Å². The molecule has 1 aromatic heterocycles. The third-order valence-corrected chi connectivity index (χ3v) is 3.71. The maximum atomic E-state index is 12.3. The molecule has 0 N–H and O–H groups in total. The maximum absolute atomic E-state index is 12.3. The summed E-state index contributed by atoms with van der Waals surface area (Å²) in [7, 11) is 1.62. The molecule has 0 radical (unpaired) electrons. The molecule has 1 amide bonds. The molecule has 1 aliphatic heterocycles. The Balaban J connectivity index is 1.94. The molecule has 2 unspecified atom stereocenters. The third-order valence-electron chi connectivity index (χ3n) is 3.71. The monoisotopic (exact) mass is 281 g/mol. The van der Waals surface area contributed by atoms with E-state index in [0.29, 0.717) is 19.1 Å². The fourth-order valence-corrected chi connectivity index (χ4v) is 2.58. The van der Waals surface area contributed by atoms with E-state index >= 15 is 0 Å². The van der Waals surface area contributed by atoms with Crippen LogP contribution >= 0.6 is 0 Å². The van der Waals surface area contributed by atoms with Crippen molar-refractivity contribution in [1.29, 1.82) is 0 Å². The predicted octanol–water partition coefficient (Wildman–Crippen LogP) is 2.24. The first-order valence-electron chi connectivity index (χ1n) is 7.12.